The Morgan fingerprint density at radius 3 is 2.69 bits per heavy atom. The predicted octanol–water partition coefficient (Wildman–Crippen LogP) is 3.46. The maximum Gasteiger partial charge on any atom is 0.151 e. The van der Waals surface area contributed by atoms with Crippen LogP contribution in [0.3, 0.4) is 0 Å². The summed E-state index contributed by atoms with van der Waals surface area (Å²) < 4.78 is 0.870. The van der Waals surface area contributed by atoms with Crippen LogP contribution in [0.15, 0.2) is 22.7 Å². The second-order valence-corrected chi connectivity index (χ2v) is 4.43. The van der Waals surface area contributed by atoms with Gasteiger partial charge in [0.2, 0.25) is 0 Å². The van der Waals surface area contributed by atoms with Crippen LogP contribution in [0.4, 0.5) is 0 Å². The molecule has 0 saturated carbocycles. The van der Waals surface area contributed by atoms with E-state index in [1.54, 1.807) is 0 Å². The second kappa shape index (κ2) is 4.56. The van der Waals surface area contributed by atoms with Gasteiger partial charge in [-0.2, -0.15) is 0 Å². The summed E-state index contributed by atoms with van der Waals surface area (Å²) in [6.45, 7) is 4.34. The SMILES string of the molecule is CC(C)Cc1ccc(Br)c(C=O)c1. The summed E-state index contributed by atoms with van der Waals surface area (Å²) in [4.78, 5) is 10.6. The molecular formula is C11H13BrO. The quantitative estimate of drug-likeness (QED) is 0.740. The summed E-state index contributed by atoms with van der Waals surface area (Å²) in [7, 11) is 0. The fraction of sp³-hybridized carbons (Fsp3) is 0.364. The number of hydrogen-bond donors (Lipinski definition) is 0. The van der Waals surface area contributed by atoms with E-state index in [0.717, 1.165) is 22.7 Å². The number of carbonyl (C=O) groups excluding carboxylic acids is 1. The van der Waals surface area contributed by atoms with Gasteiger partial charge in [0.25, 0.3) is 0 Å². The molecule has 0 fully saturated rings. The van der Waals surface area contributed by atoms with Crippen LogP contribution in [0.1, 0.15) is 29.8 Å². The van der Waals surface area contributed by atoms with E-state index in [9.17, 15) is 4.79 Å². The van der Waals surface area contributed by atoms with Crippen molar-refractivity contribution in [3.05, 3.63) is 33.8 Å². The molecule has 0 unspecified atom stereocenters. The highest BCUT2D eigenvalue weighted by molar-refractivity contribution is 9.10. The zero-order chi connectivity index (χ0) is 9.84. The Kier molecular flexibility index (Phi) is 3.67. The van der Waals surface area contributed by atoms with Crippen LogP contribution in [0, 0.1) is 5.92 Å². The molecule has 0 atom stereocenters. The van der Waals surface area contributed by atoms with Crippen molar-refractivity contribution in [2.24, 2.45) is 5.92 Å². The molecule has 1 nitrogen and oxygen atoms in total. The monoisotopic (exact) mass is 240 g/mol. The predicted molar refractivity (Wildman–Crippen MR) is 58.1 cm³/mol. The Hall–Kier alpha value is -0.630. The van der Waals surface area contributed by atoms with Gasteiger partial charge in [-0.1, -0.05) is 35.8 Å². The summed E-state index contributed by atoms with van der Waals surface area (Å²) in [5, 5.41) is 0. The van der Waals surface area contributed by atoms with Crippen LogP contribution in [0.2, 0.25) is 0 Å². The van der Waals surface area contributed by atoms with Gasteiger partial charge < -0.3 is 0 Å². The first-order chi connectivity index (χ1) is 6.13. The third-order valence-electron chi connectivity index (χ3n) is 1.83. The third-order valence-corrected chi connectivity index (χ3v) is 2.55. The maximum atomic E-state index is 10.6. The second-order valence-electron chi connectivity index (χ2n) is 3.57. The largest absolute Gasteiger partial charge is 0.298 e. The van der Waals surface area contributed by atoms with Gasteiger partial charge in [0, 0.05) is 10.0 Å². The average Bonchev–Trinajstić information content (AvgIpc) is 2.07. The summed E-state index contributed by atoms with van der Waals surface area (Å²) >= 11 is 3.33. The summed E-state index contributed by atoms with van der Waals surface area (Å²) in [6.07, 6.45) is 1.90. The topological polar surface area (TPSA) is 17.1 Å². The van der Waals surface area contributed by atoms with Crippen molar-refractivity contribution in [1.82, 2.24) is 0 Å². The Labute approximate surface area is 87.3 Å². The molecule has 0 radical (unpaired) electrons. The minimum absolute atomic E-state index is 0.626. The van der Waals surface area contributed by atoms with E-state index in [-0.39, 0.29) is 0 Å². The van der Waals surface area contributed by atoms with Crippen LogP contribution in [0.5, 0.6) is 0 Å². The molecule has 1 rings (SSSR count). The molecule has 0 aliphatic carbocycles. The Balaban J connectivity index is 2.92. The van der Waals surface area contributed by atoms with Crippen molar-refractivity contribution in [3.8, 4) is 0 Å². The lowest BCUT2D eigenvalue weighted by Crippen LogP contribution is -1.95. The van der Waals surface area contributed by atoms with Crippen molar-refractivity contribution < 1.29 is 4.79 Å². The zero-order valence-corrected chi connectivity index (χ0v) is 9.47. The number of halogens is 1. The standard InChI is InChI=1S/C11H13BrO/c1-8(2)5-9-3-4-11(12)10(6-9)7-13/h3-4,6-8H,5H2,1-2H3. The lowest BCUT2D eigenvalue weighted by Gasteiger charge is -2.05. The van der Waals surface area contributed by atoms with Crippen molar-refractivity contribution in [2.75, 3.05) is 0 Å². The van der Waals surface area contributed by atoms with E-state index in [1.165, 1.54) is 5.56 Å². The molecule has 0 aliphatic heterocycles. The Morgan fingerprint density at radius 2 is 2.15 bits per heavy atom. The van der Waals surface area contributed by atoms with Crippen LogP contribution in [-0.2, 0) is 6.42 Å². The van der Waals surface area contributed by atoms with E-state index in [4.69, 9.17) is 0 Å². The minimum atomic E-state index is 0.626. The molecule has 0 heterocycles. The summed E-state index contributed by atoms with van der Waals surface area (Å²) in [6, 6.07) is 5.93. The van der Waals surface area contributed by atoms with Crippen molar-refractivity contribution in [1.29, 1.82) is 0 Å². The van der Waals surface area contributed by atoms with Crippen molar-refractivity contribution in [3.63, 3.8) is 0 Å². The first-order valence-corrected chi connectivity index (χ1v) is 5.16. The van der Waals surface area contributed by atoms with Gasteiger partial charge in [0.1, 0.15) is 0 Å². The van der Waals surface area contributed by atoms with E-state index < -0.39 is 0 Å². The van der Waals surface area contributed by atoms with Gasteiger partial charge in [-0.3, -0.25) is 4.79 Å². The van der Waals surface area contributed by atoms with Gasteiger partial charge in [-0.05, 0) is 30.0 Å². The highest BCUT2D eigenvalue weighted by Gasteiger charge is 2.02. The first kappa shape index (κ1) is 10.5. The first-order valence-electron chi connectivity index (χ1n) is 4.37. The molecule has 0 spiro atoms. The van der Waals surface area contributed by atoms with E-state index in [2.05, 4.69) is 35.8 Å². The van der Waals surface area contributed by atoms with Gasteiger partial charge >= 0.3 is 0 Å². The number of benzene rings is 1. The minimum Gasteiger partial charge on any atom is -0.298 e. The normalized spacial score (nSPS) is 10.5. The molecule has 0 saturated heterocycles. The molecule has 0 aliphatic rings. The Morgan fingerprint density at radius 1 is 1.46 bits per heavy atom. The molecule has 0 N–H and O–H groups in total. The molecule has 0 bridgehead atoms. The molecule has 70 valence electrons. The lowest BCUT2D eigenvalue weighted by molar-refractivity contribution is 0.112. The highest BCUT2D eigenvalue weighted by atomic mass is 79.9. The van der Waals surface area contributed by atoms with Crippen LogP contribution in [-0.4, -0.2) is 6.29 Å². The average molecular weight is 241 g/mol. The third kappa shape index (κ3) is 2.96. The van der Waals surface area contributed by atoms with Gasteiger partial charge in [0.05, 0.1) is 0 Å². The fourth-order valence-electron chi connectivity index (χ4n) is 1.28. The smallest absolute Gasteiger partial charge is 0.151 e. The van der Waals surface area contributed by atoms with Crippen LogP contribution in [0.25, 0.3) is 0 Å². The zero-order valence-electron chi connectivity index (χ0n) is 7.88. The van der Waals surface area contributed by atoms with Crippen molar-refractivity contribution in [2.45, 2.75) is 20.3 Å². The molecule has 0 amide bonds. The molecular weight excluding hydrogens is 228 g/mol. The van der Waals surface area contributed by atoms with E-state index >= 15 is 0 Å². The molecule has 1 aromatic carbocycles. The Bertz CT molecular complexity index is 305. The lowest BCUT2D eigenvalue weighted by atomic mass is 10.0. The molecule has 1 aromatic rings. The number of aldehydes is 1. The van der Waals surface area contributed by atoms with E-state index in [1.807, 2.05) is 12.1 Å². The van der Waals surface area contributed by atoms with Crippen LogP contribution < -0.4 is 0 Å². The number of carbonyl (C=O) groups is 1. The molecule has 13 heavy (non-hydrogen) atoms. The van der Waals surface area contributed by atoms with Gasteiger partial charge in [0.15, 0.2) is 6.29 Å². The van der Waals surface area contributed by atoms with E-state index in [0.29, 0.717) is 5.92 Å². The molecule has 2 heteroatoms. The van der Waals surface area contributed by atoms with Gasteiger partial charge in [-0.25, -0.2) is 0 Å². The van der Waals surface area contributed by atoms with Gasteiger partial charge in [-0.15, -0.1) is 0 Å². The maximum absolute atomic E-state index is 10.6. The highest BCUT2D eigenvalue weighted by Crippen LogP contribution is 2.18. The fourth-order valence-corrected chi connectivity index (χ4v) is 1.62. The number of rotatable bonds is 3. The number of hydrogen-bond acceptors (Lipinski definition) is 1. The summed E-state index contributed by atoms with van der Waals surface area (Å²) in [5.41, 5.74) is 1.96. The van der Waals surface area contributed by atoms with Crippen LogP contribution >= 0.6 is 15.9 Å². The molecule has 0 aromatic heterocycles. The van der Waals surface area contributed by atoms with Crippen molar-refractivity contribution >= 4 is 22.2 Å². The summed E-state index contributed by atoms with van der Waals surface area (Å²) in [5.74, 6) is 0.626.